The third-order valence-electron chi connectivity index (χ3n) is 2.70. The lowest BCUT2D eigenvalue weighted by molar-refractivity contribution is 0.0955. The zero-order chi connectivity index (χ0) is 15.2. The van der Waals surface area contributed by atoms with Gasteiger partial charge in [0.2, 0.25) is 0 Å². The van der Waals surface area contributed by atoms with Crippen molar-refractivity contribution in [3.05, 3.63) is 65.2 Å². The fourth-order valence-corrected chi connectivity index (χ4v) is 1.59. The van der Waals surface area contributed by atoms with Gasteiger partial charge in [-0.2, -0.15) is 5.10 Å². The Balaban J connectivity index is 2.03. The molecule has 2 rings (SSSR count). The van der Waals surface area contributed by atoms with Crippen LogP contribution in [0, 0.1) is 11.6 Å². The van der Waals surface area contributed by atoms with Crippen molar-refractivity contribution in [3.63, 3.8) is 0 Å². The van der Waals surface area contributed by atoms with Crippen LogP contribution in [-0.2, 0) is 0 Å². The number of hydrogen-bond acceptors (Lipinski definition) is 3. The molecular weight excluding hydrogens is 278 g/mol. The molecular formula is C15H12F2N2O2. The van der Waals surface area contributed by atoms with Crippen LogP contribution in [0.2, 0.25) is 0 Å². The van der Waals surface area contributed by atoms with Gasteiger partial charge in [-0.3, -0.25) is 4.79 Å². The Bertz CT molecular complexity index is 670. The minimum Gasteiger partial charge on any atom is -0.497 e. The van der Waals surface area contributed by atoms with Crippen LogP contribution in [0.1, 0.15) is 15.9 Å². The molecule has 108 valence electrons. The van der Waals surface area contributed by atoms with Gasteiger partial charge in [-0.05, 0) is 30.3 Å². The van der Waals surface area contributed by atoms with Gasteiger partial charge in [-0.1, -0.05) is 12.1 Å². The summed E-state index contributed by atoms with van der Waals surface area (Å²) in [7, 11) is 1.52. The van der Waals surface area contributed by atoms with Crippen LogP contribution < -0.4 is 10.2 Å². The molecule has 0 aliphatic heterocycles. The topological polar surface area (TPSA) is 50.7 Å². The number of nitrogens with one attached hydrogen (secondary N) is 1. The number of halogens is 2. The normalized spacial score (nSPS) is 10.6. The van der Waals surface area contributed by atoms with Gasteiger partial charge in [-0.25, -0.2) is 14.2 Å². The number of benzene rings is 2. The maximum atomic E-state index is 13.3. The van der Waals surface area contributed by atoms with E-state index in [0.29, 0.717) is 11.3 Å². The number of methoxy groups -OCH3 is 1. The number of amides is 1. The summed E-state index contributed by atoms with van der Waals surface area (Å²) in [4.78, 5) is 11.8. The molecule has 0 bridgehead atoms. The maximum absolute atomic E-state index is 13.3. The van der Waals surface area contributed by atoms with E-state index in [2.05, 4.69) is 10.5 Å². The van der Waals surface area contributed by atoms with Crippen LogP contribution in [0.25, 0.3) is 0 Å². The largest absolute Gasteiger partial charge is 0.497 e. The highest BCUT2D eigenvalue weighted by atomic mass is 19.2. The second-order valence-electron chi connectivity index (χ2n) is 4.07. The summed E-state index contributed by atoms with van der Waals surface area (Å²) in [6, 6.07) is 10.1. The summed E-state index contributed by atoms with van der Waals surface area (Å²) in [5, 5.41) is 3.60. The van der Waals surface area contributed by atoms with E-state index in [9.17, 15) is 13.6 Å². The number of nitrogens with zero attached hydrogens (tertiary/aromatic N) is 1. The molecule has 1 N–H and O–H groups in total. The highest BCUT2D eigenvalue weighted by Crippen LogP contribution is 2.11. The SMILES string of the molecule is COc1ccc(C(=O)NN=Cc2cccc(F)c2F)cc1. The first kappa shape index (κ1) is 14.6. The Morgan fingerprint density at radius 1 is 1.19 bits per heavy atom. The summed E-state index contributed by atoms with van der Waals surface area (Å²) in [5.41, 5.74) is 2.55. The van der Waals surface area contributed by atoms with Crippen LogP contribution in [0.4, 0.5) is 8.78 Å². The number of hydrogen-bond donors (Lipinski definition) is 1. The molecule has 0 spiro atoms. The molecule has 0 atom stereocenters. The minimum atomic E-state index is -1.01. The van der Waals surface area contributed by atoms with Crippen molar-refractivity contribution < 1.29 is 18.3 Å². The Hall–Kier alpha value is -2.76. The van der Waals surface area contributed by atoms with Crippen LogP contribution >= 0.6 is 0 Å². The van der Waals surface area contributed by atoms with Gasteiger partial charge >= 0.3 is 0 Å². The second kappa shape index (κ2) is 6.60. The molecule has 2 aromatic carbocycles. The van der Waals surface area contributed by atoms with Crippen molar-refractivity contribution in [1.82, 2.24) is 5.43 Å². The molecule has 2 aromatic rings. The van der Waals surface area contributed by atoms with E-state index in [0.717, 1.165) is 12.3 Å². The van der Waals surface area contributed by atoms with Gasteiger partial charge < -0.3 is 4.74 Å². The molecule has 21 heavy (non-hydrogen) atoms. The van der Waals surface area contributed by atoms with Crippen molar-refractivity contribution in [1.29, 1.82) is 0 Å². The molecule has 0 radical (unpaired) electrons. The molecule has 0 fully saturated rings. The fraction of sp³-hybridized carbons (Fsp3) is 0.0667. The van der Waals surface area contributed by atoms with Crippen LogP contribution in [0.5, 0.6) is 5.75 Å². The lowest BCUT2D eigenvalue weighted by Crippen LogP contribution is -2.17. The first-order valence-electron chi connectivity index (χ1n) is 6.03. The standard InChI is InChI=1S/C15H12F2N2O2/c1-21-12-7-5-10(6-8-12)15(20)19-18-9-11-3-2-4-13(16)14(11)17/h2-9H,1H3,(H,19,20). The third-order valence-corrected chi connectivity index (χ3v) is 2.70. The highest BCUT2D eigenvalue weighted by molar-refractivity contribution is 5.95. The van der Waals surface area contributed by atoms with Crippen molar-refractivity contribution >= 4 is 12.1 Å². The minimum absolute atomic E-state index is 0.0509. The predicted molar refractivity (Wildman–Crippen MR) is 74.4 cm³/mol. The average Bonchev–Trinajstić information content (AvgIpc) is 2.51. The molecule has 0 aliphatic carbocycles. The highest BCUT2D eigenvalue weighted by Gasteiger charge is 2.06. The Labute approximate surface area is 120 Å². The summed E-state index contributed by atoms with van der Waals surface area (Å²) >= 11 is 0. The lowest BCUT2D eigenvalue weighted by atomic mass is 10.2. The van der Waals surface area contributed by atoms with Crippen LogP contribution in [0.15, 0.2) is 47.6 Å². The van der Waals surface area contributed by atoms with Crippen LogP contribution in [0.3, 0.4) is 0 Å². The molecule has 1 amide bonds. The molecule has 0 unspecified atom stereocenters. The monoisotopic (exact) mass is 290 g/mol. The molecule has 0 aliphatic rings. The lowest BCUT2D eigenvalue weighted by Gasteiger charge is -2.02. The fourth-order valence-electron chi connectivity index (χ4n) is 1.59. The van der Waals surface area contributed by atoms with E-state index in [4.69, 9.17) is 4.74 Å². The van der Waals surface area contributed by atoms with E-state index >= 15 is 0 Å². The molecule has 6 heteroatoms. The van der Waals surface area contributed by atoms with E-state index < -0.39 is 17.5 Å². The van der Waals surface area contributed by atoms with E-state index in [1.807, 2.05) is 0 Å². The first-order valence-corrected chi connectivity index (χ1v) is 6.03. The number of carbonyl (C=O) groups excluding carboxylic acids is 1. The second-order valence-corrected chi connectivity index (χ2v) is 4.07. The van der Waals surface area contributed by atoms with Gasteiger partial charge in [-0.15, -0.1) is 0 Å². The summed E-state index contributed by atoms with van der Waals surface area (Å²) in [5.74, 6) is -1.83. The number of rotatable bonds is 4. The van der Waals surface area contributed by atoms with E-state index in [1.54, 1.807) is 24.3 Å². The van der Waals surface area contributed by atoms with Gasteiger partial charge in [0, 0.05) is 11.1 Å². The molecule has 0 saturated carbocycles. The molecule has 0 saturated heterocycles. The van der Waals surface area contributed by atoms with E-state index in [1.165, 1.54) is 19.2 Å². The Kier molecular flexibility index (Phi) is 4.61. The number of ether oxygens (including phenoxy) is 1. The van der Waals surface area contributed by atoms with Crippen molar-refractivity contribution in [2.45, 2.75) is 0 Å². The van der Waals surface area contributed by atoms with Gasteiger partial charge in [0.15, 0.2) is 11.6 Å². The zero-order valence-electron chi connectivity index (χ0n) is 11.1. The Morgan fingerprint density at radius 2 is 1.90 bits per heavy atom. The van der Waals surface area contributed by atoms with Crippen LogP contribution in [-0.4, -0.2) is 19.2 Å². The first-order chi connectivity index (χ1) is 10.1. The van der Waals surface area contributed by atoms with Crippen molar-refractivity contribution in [3.8, 4) is 5.75 Å². The zero-order valence-corrected chi connectivity index (χ0v) is 11.1. The quantitative estimate of drug-likeness (QED) is 0.695. The summed E-state index contributed by atoms with van der Waals surface area (Å²) in [6.45, 7) is 0. The van der Waals surface area contributed by atoms with Crippen molar-refractivity contribution in [2.75, 3.05) is 7.11 Å². The Morgan fingerprint density at radius 3 is 2.57 bits per heavy atom. The van der Waals surface area contributed by atoms with E-state index in [-0.39, 0.29) is 5.56 Å². The average molecular weight is 290 g/mol. The summed E-state index contributed by atoms with van der Waals surface area (Å²) in [6.07, 6.45) is 1.04. The van der Waals surface area contributed by atoms with Gasteiger partial charge in [0.1, 0.15) is 5.75 Å². The molecule has 0 aromatic heterocycles. The summed E-state index contributed by atoms with van der Waals surface area (Å²) < 4.78 is 31.3. The van der Waals surface area contributed by atoms with Gasteiger partial charge in [0.05, 0.1) is 13.3 Å². The van der Waals surface area contributed by atoms with Crippen molar-refractivity contribution in [2.24, 2.45) is 5.10 Å². The smallest absolute Gasteiger partial charge is 0.271 e. The molecule has 4 nitrogen and oxygen atoms in total. The van der Waals surface area contributed by atoms with Gasteiger partial charge in [0.25, 0.3) is 5.91 Å². The molecule has 0 heterocycles. The number of carbonyl (C=O) groups is 1. The number of hydrazone groups is 1. The third kappa shape index (κ3) is 3.62. The predicted octanol–water partition coefficient (Wildman–Crippen LogP) is 2.74. The maximum Gasteiger partial charge on any atom is 0.271 e.